The standard InChI is InChI=1S/C15H11ClFNO2/c1-18(9-19)12-5-2-10(3-6-12)15(20)11-4-7-13(16)14(17)8-11/h2-9H,1H3. The maximum absolute atomic E-state index is 13.3. The molecule has 0 atom stereocenters. The zero-order chi connectivity index (χ0) is 14.7. The number of hydrogen-bond donors (Lipinski definition) is 0. The molecule has 0 aromatic heterocycles. The summed E-state index contributed by atoms with van der Waals surface area (Å²) in [5, 5.41) is -0.0236. The molecule has 0 aliphatic rings. The monoisotopic (exact) mass is 291 g/mol. The van der Waals surface area contributed by atoms with E-state index in [4.69, 9.17) is 11.6 Å². The van der Waals surface area contributed by atoms with Crippen molar-refractivity contribution in [2.75, 3.05) is 11.9 Å². The van der Waals surface area contributed by atoms with Crippen molar-refractivity contribution in [2.24, 2.45) is 0 Å². The first-order valence-electron chi connectivity index (χ1n) is 5.81. The third-order valence-corrected chi connectivity index (χ3v) is 3.18. The first kappa shape index (κ1) is 14.2. The summed E-state index contributed by atoms with van der Waals surface area (Å²) < 4.78 is 13.3. The number of halogens is 2. The highest BCUT2D eigenvalue weighted by atomic mass is 35.5. The number of carbonyl (C=O) groups is 2. The molecule has 1 amide bonds. The number of benzene rings is 2. The van der Waals surface area contributed by atoms with Crippen LogP contribution < -0.4 is 4.90 Å². The van der Waals surface area contributed by atoms with Crippen molar-refractivity contribution < 1.29 is 14.0 Å². The topological polar surface area (TPSA) is 37.4 Å². The van der Waals surface area contributed by atoms with Gasteiger partial charge in [0.05, 0.1) is 5.02 Å². The number of anilines is 1. The second-order valence-electron chi connectivity index (χ2n) is 4.22. The molecule has 0 spiro atoms. The van der Waals surface area contributed by atoms with Gasteiger partial charge in [-0.15, -0.1) is 0 Å². The van der Waals surface area contributed by atoms with Crippen molar-refractivity contribution in [3.05, 3.63) is 64.4 Å². The Morgan fingerprint density at radius 3 is 2.30 bits per heavy atom. The van der Waals surface area contributed by atoms with Crippen molar-refractivity contribution in [3.63, 3.8) is 0 Å². The van der Waals surface area contributed by atoms with Gasteiger partial charge in [-0.2, -0.15) is 0 Å². The molecule has 0 aliphatic heterocycles. The van der Waals surface area contributed by atoms with Crippen molar-refractivity contribution in [1.29, 1.82) is 0 Å². The van der Waals surface area contributed by atoms with Gasteiger partial charge in [-0.3, -0.25) is 9.59 Å². The summed E-state index contributed by atoms with van der Waals surface area (Å²) >= 11 is 5.58. The lowest BCUT2D eigenvalue weighted by molar-refractivity contribution is -0.107. The van der Waals surface area contributed by atoms with Gasteiger partial charge in [-0.05, 0) is 42.5 Å². The van der Waals surface area contributed by atoms with Crippen molar-refractivity contribution in [2.45, 2.75) is 0 Å². The maximum Gasteiger partial charge on any atom is 0.213 e. The van der Waals surface area contributed by atoms with Crippen LogP contribution in [0.2, 0.25) is 5.02 Å². The molecule has 2 aromatic carbocycles. The van der Waals surface area contributed by atoms with Crippen molar-refractivity contribution >= 4 is 29.5 Å². The van der Waals surface area contributed by atoms with Gasteiger partial charge in [0.2, 0.25) is 6.41 Å². The Morgan fingerprint density at radius 2 is 1.75 bits per heavy atom. The molecular weight excluding hydrogens is 281 g/mol. The zero-order valence-electron chi connectivity index (χ0n) is 10.6. The van der Waals surface area contributed by atoms with Crippen molar-refractivity contribution in [1.82, 2.24) is 0 Å². The van der Waals surface area contributed by atoms with E-state index in [0.29, 0.717) is 17.7 Å². The van der Waals surface area contributed by atoms with Crippen LogP contribution in [0, 0.1) is 5.82 Å². The average molecular weight is 292 g/mol. The second kappa shape index (κ2) is 5.84. The van der Waals surface area contributed by atoms with E-state index in [0.717, 1.165) is 6.07 Å². The predicted molar refractivity (Wildman–Crippen MR) is 75.8 cm³/mol. The average Bonchev–Trinajstić information content (AvgIpc) is 2.48. The normalized spacial score (nSPS) is 10.2. The van der Waals surface area contributed by atoms with Crippen LogP contribution >= 0.6 is 11.6 Å². The predicted octanol–water partition coefficient (Wildman–Crippen LogP) is 3.30. The first-order valence-corrected chi connectivity index (χ1v) is 6.18. The smallest absolute Gasteiger partial charge is 0.213 e. The van der Waals surface area contributed by atoms with Gasteiger partial charge < -0.3 is 4.90 Å². The SMILES string of the molecule is CN(C=O)c1ccc(C(=O)c2ccc(Cl)c(F)c2)cc1. The Kier molecular flexibility index (Phi) is 4.15. The molecule has 0 N–H and O–H groups in total. The number of nitrogens with zero attached hydrogens (tertiary/aromatic N) is 1. The van der Waals surface area contributed by atoms with Gasteiger partial charge in [-0.25, -0.2) is 4.39 Å². The molecule has 0 unspecified atom stereocenters. The fraction of sp³-hybridized carbons (Fsp3) is 0.0667. The molecule has 0 aliphatic carbocycles. The van der Waals surface area contributed by atoms with E-state index < -0.39 is 5.82 Å². The Labute approximate surface area is 120 Å². The van der Waals surface area contributed by atoms with Gasteiger partial charge >= 0.3 is 0 Å². The van der Waals surface area contributed by atoms with Gasteiger partial charge in [-0.1, -0.05) is 11.6 Å². The molecule has 20 heavy (non-hydrogen) atoms. The van der Waals surface area contributed by atoms with Crippen LogP contribution in [0.4, 0.5) is 10.1 Å². The van der Waals surface area contributed by atoms with Crippen LogP contribution in [0.3, 0.4) is 0 Å². The first-order chi connectivity index (χ1) is 9.52. The summed E-state index contributed by atoms with van der Waals surface area (Å²) in [5.74, 6) is -0.935. The van der Waals surface area contributed by atoms with Gasteiger partial charge in [0.1, 0.15) is 5.82 Å². The molecule has 0 heterocycles. The van der Waals surface area contributed by atoms with Crippen LogP contribution in [0.15, 0.2) is 42.5 Å². The summed E-state index contributed by atoms with van der Waals surface area (Å²) in [6.07, 6.45) is 0.672. The maximum atomic E-state index is 13.3. The van der Waals surface area contributed by atoms with E-state index in [9.17, 15) is 14.0 Å². The molecule has 0 saturated carbocycles. The minimum Gasteiger partial charge on any atom is -0.318 e. The summed E-state index contributed by atoms with van der Waals surface area (Å²) in [6.45, 7) is 0. The third-order valence-electron chi connectivity index (χ3n) is 2.88. The molecule has 0 radical (unpaired) electrons. The molecular formula is C15H11ClFNO2. The number of hydrogen-bond acceptors (Lipinski definition) is 2. The lowest BCUT2D eigenvalue weighted by Crippen LogP contribution is -2.13. The molecule has 0 saturated heterocycles. The molecule has 3 nitrogen and oxygen atoms in total. The van der Waals surface area contributed by atoms with E-state index in [1.807, 2.05) is 0 Å². The largest absolute Gasteiger partial charge is 0.318 e. The van der Waals surface area contributed by atoms with Crippen LogP contribution in [0.5, 0.6) is 0 Å². The van der Waals surface area contributed by atoms with Crippen LogP contribution in [-0.2, 0) is 4.79 Å². The van der Waals surface area contributed by atoms with E-state index in [1.165, 1.54) is 17.0 Å². The van der Waals surface area contributed by atoms with E-state index in [2.05, 4.69) is 0 Å². The van der Waals surface area contributed by atoms with Crippen LogP contribution in [-0.4, -0.2) is 19.2 Å². The van der Waals surface area contributed by atoms with E-state index in [-0.39, 0.29) is 16.4 Å². The fourth-order valence-corrected chi connectivity index (χ4v) is 1.83. The molecule has 5 heteroatoms. The highest BCUT2D eigenvalue weighted by Gasteiger charge is 2.11. The molecule has 2 aromatic rings. The minimum atomic E-state index is -0.630. The summed E-state index contributed by atoms with van der Waals surface area (Å²) in [5.41, 5.74) is 1.30. The van der Waals surface area contributed by atoms with Gasteiger partial charge in [0.15, 0.2) is 5.78 Å². The van der Waals surface area contributed by atoms with Crippen LogP contribution in [0.1, 0.15) is 15.9 Å². The van der Waals surface area contributed by atoms with Gasteiger partial charge in [0.25, 0.3) is 0 Å². The van der Waals surface area contributed by atoms with E-state index >= 15 is 0 Å². The Morgan fingerprint density at radius 1 is 1.15 bits per heavy atom. The highest BCUT2D eigenvalue weighted by Crippen LogP contribution is 2.19. The fourth-order valence-electron chi connectivity index (χ4n) is 1.71. The van der Waals surface area contributed by atoms with Gasteiger partial charge in [0, 0.05) is 23.9 Å². The lowest BCUT2D eigenvalue weighted by atomic mass is 10.0. The minimum absolute atomic E-state index is 0.0236. The lowest BCUT2D eigenvalue weighted by Gasteiger charge is -2.10. The number of rotatable bonds is 4. The molecule has 2 rings (SSSR count). The Hall–Kier alpha value is -2.20. The third kappa shape index (κ3) is 2.86. The quantitative estimate of drug-likeness (QED) is 0.640. The second-order valence-corrected chi connectivity index (χ2v) is 4.63. The Bertz CT molecular complexity index is 655. The summed E-state index contributed by atoms with van der Waals surface area (Å²) in [6, 6.07) is 10.4. The summed E-state index contributed by atoms with van der Waals surface area (Å²) in [4.78, 5) is 24.2. The Balaban J connectivity index is 2.29. The number of carbonyl (C=O) groups excluding carboxylic acids is 2. The molecule has 0 fully saturated rings. The summed E-state index contributed by atoms with van der Waals surface area (Å²) in [7, 11) is 1.61. The van der Waals surface area contributed by atoms with E-state index in [1.54, 1.807) is 31.3 Å². The van der Waals surface area contributed by atoms with Crippen LogP contribution in [0.25, 0.3) is 0 Å². The number of ketones is 1. The number of amides is 1. The molecule has 0 bridgehead atoms. The zero-order valence-corrected chi connectivity index (χ0v) is 11.4. The molecule has 102 valence electrons. The van der Waals surface area contributed by atoms with Crippen molar-refractivity contribution in [3.8, 4) is 0 Å². The highest BCUT2D eigenvalue weighted by molar-refractivity contribution is 6.30.